The van der Waals surface area contributed by atoms with Crippen molar-refractivity contribution < 1.29 is 9.18 Å². The highest BCUT2D eigenvalue weighted by molar-refractivity contribution is 5.94. The molecule has 2 aromatic rings. The van der Waals surface area contributed by atoms with Gasteiger partial charge in [-0.3, -0.25) is 4.79 Å². The molecule has 1 amide bonds. The second-order valence-electron chi connectivity index (χ2n) is 5.69. The Bertz CT molecular complexity index is 663. The molecule has 0 spiro atoms. The van der Waals surface area contributed by atoms with Crippen molar-refractivity contribution in [1.29, 1.82) is 0 Å². The van der Waals surface area contributed by atoms with E-state index in [9.17, 15) is 9.18 Å². The number of carbonyl (C=O) groups is 1. The van der Waals surface area contributed by atoms with E-state index in [-0.39, 0.29) is 23.7 Å². The van der Waals surface area contributed by atoms with Gasteiger partial charge in [-0.25, -0.2) is 14.1 Å². The van der Waals surface area contributed by atoms with Crippen LogP contribution in [0.15, 0.2) is 30.9 Å². The predicted octanol–water partition coefficient (Wildman–Crippen LogP) is 1.23. The lowest BCUT2D eigenvalue weighted by atomic mass is 10.1. The molecule has 116 valence electrons. The number of nitrogens with one attached hydrogen (secondary N) is 1. The van der Waals surface area contributed by atoms with Crippen molar-refractivity contribution in [1.82, 2.24) is 25.0 Å². The minimum atomic E-state index is -0.493. The molecule has 22 heavy (non-hydrogen) atoms. The number of halogens is 1. The number of nitrogens with zero attached hydrogens (tertiary/aromatic N) is 4. The molecule has 1 aromatic heterocycles. The monoisotopic (exact) mass is 303 g/mol. The number of piperazine rings is 1. The highest BCUT2D eigenvalue weighted by Gasteiger charge is 2.26. The second kappa shape index (κ2) is 5.84. The zero-order valence-corrected chi connectivity index (χ0v) is 12.5. The molecule has 2 heterocycles. The summed E-state index contributed by atoms with van der Waals surface area (Å²) in [6.45, 7) is 5.31. The fourth-order valence-corrected chi connectivity index (χ4v) is 2.83. The van der Waals surface area contributed by atoms with Crippen molar-refractivity contribution in [3.05, 3.63) is 42.2 Å². The summed E-state index contributed by atoms with van der Waals surface area (Å²) in [5, 5.41) is 7.26. The van der Waals surface area contributed by atoms with E-state index in [0.29, 0.717) is 18.7 Å². The Morgan fingerprint density at radius 1 is 1.32 bits per heavy atom. The molecular formula is C15H18FN5O. The van der Waals surface area contributed by atoms with E-state index in [4.69, 9.17) is 0 Å². The van der Waals surface area contributed by atoms with Crippen LogP contribution in [0.3, 0.4) is 0 Å². The smallest absolute Gasteiger partial charge is 0.254 e. The van der Waals surface area contributed by atoms with Gasteiger partial charge in [0.1, 0.15) is 24.2 Å². The van der Waals surface area contributed by atoms with E-state index < -0.39 is 5.82 Å². The predicted molar refractivity (Wildman–Crippen MR) is 79.3 cm³/mol. The summed E-state index contributed by atoms with van der Waals surface area (Å²) in [6, 6.07) is 4.89. The summed E-state index contributed by atoms with van der Waals surface area (Å²) >= 11 is 0. The number of hydrogen-bond donors (Lipinski definition) is 1. The Hall–Kier alpha value is -2.28. The molecule has 7 heteroatoms. The zero-order valence-electron chi connectivity index (χ0n) is 12.5. The van der Waals surface area contributed by atoms with Gasteiger partial charge in [0, 0.05) is 30.7 Å². The van der Waals surface area contributed by atoms with E-state index in [1.807, 2.05) is 13.8 Å². The third-order valence-corrected chi connectivity index (χ3v) is 3.70. The van der Waals surface area contributed by atoms with Crippen LogP contribution in [0.1, 0.15) is 24.2 Å². The fourth-order valence-electron chi connectivity index (χ4n) is 2.83. The van der Waals surface area contributed by atoms with Gasteiger partial charge in [-0.05, 0) is 32.0 Å². The summed E-state index contributed by atoms with van der Waals surface area (Å²) in [5.41, 5.74) is 0.624. The van der Waals surface area contributed by atoms with E-state index in [0.717, 1.165) is 0 Å². The molecular weight excluding hydrogens is 285 g/mol. The molecule has 1 aliphatic rings. The SMILES string of the molecule is C[C@@H]1CN(C(=O)c2ccc(-n3cncn3)c(F)c2)C[C@@H](C)N1. The van der Waals surface area contributed by atoms with Gasteiger partial charge in [0.05, 0.1) is 0 Å². The Kier molecular flexibility index (Phi) is 3.89. The lowest BCUT2D eigenvalue weighted by molar-refractivity contribution is 0.0673. The van der Waals surface area contributed by atoms with Gasteiger partial charge >= 0.3 is 0 Å². The average molecular weight is 303 g/mol. The van der Waals surface area contributed by atoms with E-state index in [1.165, 1.54) is 23.4 Å². The van der Waals surface area contributed by atoms with Gasteiger partial charge in [-0.15, -0.1) is 0 Å². The van der Waals surface area contributed by atoms with Crippen molar-refractivity contribution in [3.63, 3.8) is 0 Å². The first kappa shape index (κ1) is 14.6. The quantitative estimate of drug-likeness (QED) is 0.906. The van der Waals surface area contributed by atoms with Crippen LogP contribution in [0.4, 0.5) is 4.39 Å². The van der Waals surface area contributed by atoms with Gasteiger partial charge in [0.25, 0.3) is 5.91 Å². The highest BCUT2D eigenvalue weighted by atomic mass is 19.1. The van der Waals surface area contributed by atoms with Gasteiger partial charge in [0.2, 0.25) is 0 Å². The van der Waals surface area contributed by atoms with Gasteiger partial charge in [0.15, 0.2) is 0 Å². The molecule has 1 saturated heterocycles. The maximum absolute atomic E-state index is 14.2. The van der Waals surface area contributed by atoms with Crippen LogP contribution in [-0.2, 0) is 0 Å². The van der Waals surface area contributed by atoms with Crippen LogP contribution in [0.25, 0.3) is 5.69 Å². The molecule has 1 N–H and O–H groups in total. The summed E-state index contributed by atoms with van der Waals surface area (Å²) in [6.07, 6.45) is 2.75. The summed E-state index contributed by atoms with van der Waals surface area (Å²) < 4.78 is 15.6. The van der Waals surface area contributed by atoms with E-state index in [2.05, 4.69) is 15.4 Å². The van der Waals surface area contributed by atoms with Gasteiger partial charge in [-0.2, -0.15) is 5.10 Å². The lowest BCUT2D eigenvalue weighted by Gasteiger charge is -2.36. The normalized spacial score (nSPS) is 21.9. The standard InChI is InChI=1S/C15H18FN5O/c1-10-6-20(7-11(2)19-10)15(22)12-3-4-14(13(16)5-12)21-9-17-8-18-21/h3-5,8-11,19H,6-7H2,1-2H3/t10-,11-/m1/s1. The Labute approximate surface area is 128 Å². The van der Waals surface area contributed by atoms with E-state index >= 15 is 0 Å². The molecule has 0 unspecified atom stereocenters. The minimum absolute atomic E-state index is 0.149. The van der Waals surface area contributed by atoms with Crippen LogP contribution >= 0.6 is 0 Å². The molecule has 0 bridgehead atoms. The van der Waals surface area contributed by atoms with Gasteiger partial charge in [-0.1, -0.05) is 0 Å². The Morgan fingerprint density at radius 2 is 2.05 bits per heavy atom. The maximum atomic E-state index is 14.2. The highest BCUT2D eigenvalue weighted by Crippen LogP contribution is 2.17. The molecule has 3 rings (SSSR count). The van der Waals surface area contributed by atoms with Crippen LogP contribution in [-0.4, -0.2) is 50.7 Å². The molecule has 1 fully saturated rings. The Balaban J connectivity index is 1.83. The summed E-state index contributed by atoms with van der Waals surface area (Å²) in [7, 11) is 0. The number of benzene rings is 1. The first-order valence-corrected chi connectivity index (χ1v) is 7.24. The third kappa shape index (κ3) is 2.85. The Morgan fingerprint density at radius 3 is 2.64 bits per heavy atom. The molecule has 1 aromatic carbocycles. The van der Waals surface area contributed by atoms with Crippen LogP contribution in [0, 0.1) is 5.82 Å². The zero-order chi connectivity index (χ0) is 15.7. The number of hydrogen-bond acceptors (Lipinski definition) is 4. The minimum Gasteiger partial charge on any atom is -0.336 e. The molecule has 0 saturated carbocycles. The third-order valence-electron chi connectivity index (χ3n) is 3.70. The molecule has 6 nitrogen and oxygen atoms in total. The van der Waals surface area contributed by atoms with Crippen LogP contribution < -0.4 is 5.32 Å². The molecule has 1 aliphatic heterocycles. The second-order valence-corrected chi connectivity index (χ2v) is 5.69. The fraction of sp³-hybridized carbons (Fsp3) is 0.400. The number of carbonyl (C=O) groups excluding carboxylic acids is 1. The first-order chi connectivity index (χ1) is 10.5. The van der Waals surface area contributed by atoms with Crippen molar-refractivity contribution in [2.75, 3.05) is 13.1 Å². The topological polar surface area (TPSA) is 63.1 Å². The van der Waals surface area contributed by atoms with Crippen molar-refractivity contribution >= 4 is 5.91 Å². The first-order valence-electron chi connectivity index (χ1n) is 7.24. The number of amides is 1. The molecule has 0 radical (unpaired) electrons. The van der Waals surface area contributed by atoms with E-state index in [1.54, 1.807) is 17.0 Å². The molecule has 2 atom stereocenters. The van der Waals surface area contributed by atoms with Crippen LogP contribution in [0.5, 0.6) is 0 Å². The van der Waals surface area contributed by atoms with Crippen molar-refractivity contribution in [2.24, 2.45) is 0 Å². The molecule has 0 aliphatic carbocycles. The number of rotatable bonds is 2. The number of aromatic nitrogens is 3. The van der Waals surface area contributed by atoms with Crippen molar-refractivity contribution in [2.45, 2.75) is 25.9 Å². The maximum Gasteiger partial charge on any atom is 0.254 e. The average Bonchev–Trinajstić information content (AvgIpc) is 2.99. The van der Waals surface area contributed by atoms with Crippen LogP contribution in [0.2, 0.25) is 0 Å². The largest absolute Gasteiger partial charge is 0.336 e. The summed E-state index contributed by atoms with van der Waals surface area (Å²) in [4.78, 5) is 18.1. The lowest BCUT2D eigenvalue weighted by Crippen LogP contribution is -2.55. The van der Waals surface area contributed by atoms with Gasteiger partial charge < -0.3 is 10.2 Å². The van der Waals surface area contributed by atoms with Crippen molar-refractivity contribution in [3.8, 4) is 5.69 Å². The summed E-state index contributed by atoms with van der Waals surface area (Å²) in [5.74, 6) is -0.642.